The van der Waals surface area contributed by atoms with Crippen molar-refractivity contribution in [2.24, 2.45) is 0 Å². The van der Waals surface area contributed by atoms with Crippen LogP contribution in [0.15, 0.2) is 48.5 Å². The molecule has 1 heterocycles. The Labute approximate surface area is 137 Å². The molecule has 122 valence electrons. The van der Waals surface area contributed by atoms with Crippen molar-refractivity contribution in [2.45, 2.75) is 6.92 Å². The normalized spacial score (nSPS) is 10.6. The van der Waals surface area contributed by atoms with Gasteiger partial charge >= 0.3 is 5.97 Å². The van der Waals surface area contributed by atoms with Crippen LogP contribution in [0, 0.1) is 12.7 Å². The molecule has 0 saturated heterocycles. The van der Waals surface area contributed by atoms with E-state index in [1.54, 1.807) is 50.4 Å². The van der Waals surface area contributed by atoms with Crippen LogP contribution in [-0.2, 0) is 0 Å². The summed E-state index contributed by atoms with van der Waals surface area (Å²) in [6.07, 6.45) is 0. The number of carboxylic acid groups (broad SMARTS) is 1. The monoisotopic (exact) mass is 326 g/mol. The summed E-state index contributed by atoms with van der Waals surface area (Å²) in [4.78, 5) is 11.7. The quantitative estimate of drug-likeness (QED) is 0.794. The van der Waals surface area contributed by atoms with Gasteiger partial charge in [0.25, 0.3) is 0 Å². The Kier molecular flexibility index (Phi) is 4.04. The number of hydrogen-bond donors (Lipinski definition) is 1. The van der Waals surface area contributed by atoms with E-state index in [4.69, 9.17) is 4.74 Å². The number of methoxy groups -OCH3 is 1. The molecule has 0 aliphatic carbocycles. The first-order valence-corrected chi connectivity index (χ1v) is 7.24. The van der Waals surface area contributed by atoms with E-state index in [0.29, 0.717) is 28.4 Å². The fourth-order valence-corrected chi connectivity index (χ4v) is 2.59. The lowest BCUT2D eigenvalue weighted by Crippen LogP contribution is -2.03. The molecule has 0 aliphatic heterocycles. The molecule has 0 radical (unpaired) electrons. The molecule has 0 fully saturated rings. The Hall–Kier alpha value is -3.15. The molecule has 1 N–H and O–H groups in total. The van der Waals surface area contributed by atoms with Crippen LogP contribution in [0.2, 0.25) is 0 Å². The van der Waals surface area contributed by atoms with Crippen molar-refractivity contribution in [2.75, 3.05) is 7.11 Å². The van der Waals surface area contributed by atoms with Gasteiger partial charge in [-0.05, 0) is 43.3 Å². The van der Waals surface area contributed by atoms with Gasteiger partial charge in [-0.1, -0.05) is 12.1 Å². The zero-order valence-electron chi connectivity index (χ0n) is 13.2. The van der Waals surface area contributed by atoms with Crippen molar-refractivity contribution in [1.82, 2.24) is 9.78 Å². The van der Waals surface area contributed by atoms with E-state index in [1.807, 2.05) is 0 Å². The summed E-state index contributed by atoms with van der Waals surface area (Å²) in [5.41, 5.74) is 2.13. The largest absolute Gasteiger partial charge is 0.497 e. The number of aryl methyl sites for hydroxylation is 1. The van der Waals surface area contributed by atoms with Gasteiger partial charge < -0.3 is 9.84 Å². The van der Waals surface area contributed by atoms with Gasteiger partial charge in [0.1, 0.15) is 17.1 Å². The molecule has 2 aromatic carbocycles. The van der Waals surface area contributed by atoms with E-state index >= 15 is 0 Å². The molecule has 3 rings (SSSR count). The van der Waals surface area contributed by atoms with Crippen LogP contribution in [0.1, 0.15) is 16.1 Å². The number of hydrogen-bond acceptors (Lipinski definition) is 3. The van der Waals surface area contributed by atoms with Gasteiger partial charge in [0.05, 0.1) is 24.2 Å². The predicted octanol–water partition coefficient (Wildman–Crippen LogP) is 3.69. The van der Waals surface area contributed by atoms with Crippen molar-refractivity contribution in [3.8, 4) is 22.7 Å². The fourth-order valence-electron chi connectivity index (χ4n) is 2.59. The number of rotatable bonds is 4. The van der Waals surface area contributed by atoms with Crippen molar-refractivity contribution in [1.29, 1.82) is 0 Å². The summed E-state index contributed by atoms with van der Waals surface area (Å²) in [7, 11) is 1.54. The molecule has 5 nitrogen and oxygen atoms in total. The second kappa shape index (κ2) is 6.16. The maximum atomic E-state index is 13.2. The average Bonchev–Trinajstić information content (AvgIpc) is 2.93. The molecule has 3 aromatic rings. The number of halogens is 1. The SMILES string of the molecule is COc1cccc(-c2c(C(=O)O)c(C)nn2-c2ccc(F)cc2)c1. The van der Waals surface area contributed by atoms with Crippen LogP contribution in [0.25, 0.3) is 16.9 Å². The number of carbonyl (C=O) groups is 1. The Morgan fingerprint density at radius 3 is 2.54 bits per heavy atom. The number of ether oxygens (including phenoxy) is 1. The summed E-state index contributed by atoms with van der Waals surface area (Å²) in [5, 5.41) is 13.9. The predicted molar refractivity (Wildman–Crippen MR) is 87.2 cm³/mol. The van der Waals surface area contributed by atoms with Gasteiger partial charge in [-0.15, -0.1) is 0 Å². The smallest absolute Gasteiger partial charge is 0.339 e. The van der Waals surface area contributed by atoms with Crippen LogP contribution in [-0.4, -0.2) is 28.0 Å². The first kappa shape index (κ1) is 15.7. The van der Waals surface area contributed by atoms with E-state index in [0.717, 1.165) is 0 Å². The average molecular weight is 326 g/mol. The third-order valence-electron chi connectivity index (χ3n) is 3.69. The van der Waals surface area contributed by atoms with Crippen LogP contribution >= 0.6 is 0 Å². The molecule has 0 amide bonds. The lowest BCUT2D eigenvalue weighted by Gasteiger charge is -2.10. The first-order chi connectivity index (χ1) is 11.5. The van der Waals surface area contributed by atoms with Gasteiger partial charge in [-0.2, -0.15) is 5.10 Å². The molecular weight excluding hydrogens is 311 g/mol. The molecule has 0 atom stereocenters. The van der Waals surface area contributed by atoms with Crippen molar-refractivity contribution < 1.29 is 19.0 Å². The van der Waals surface area contributed by atoms with Gasteiger partial charge in [0.2, 0.25) is 0 Å². The number of benzene rings is 2. The van der Waals surface area contributed by atoms with Gasteiger partial charge in [-0.25, -0.2) is 13.9 Å². The third kappa shape index (κ3) is 2.74. The maximum Gasteiger partial charge on any atom is 0.339 e. The van der Waals surface area contributed by atoms with Gasteiger partial charge in [0, 0.05) is 5.56 Å². The van der Waals surface area contributed by atoms with Crippen LogP contribution in [0.4, 0.5) is 4.39 Å². The molecule has 6 heteroatoms. The lowest BCUT2D eigenvalue weighted by molar-refractivity contribution is 0.0697. The van der Waals surface area contributed by atoms with E-state index in [2.05, 4.69) is 5.10 Å². The first-order valence-electron chi connectivity index (χ1n) is 7.24. The summed E-state index contributed by atoms with van der Waals surface area (Å²) in [6.45, 7) is 1.63. The van der Waals surface area contributed by atoms with Crippen molar-refractivity contribution >= 4 is 5.97 Å². The summed E-state index contributed by atoms with van der Waals surface area (Å²) in [6, 6.07) is 12.8. The van der Waals surface area contributed by atoms with Crippen LogP contribution < -0.4 is 4.74 Å². The highest BCUT2D eigenvalue weighted by Crippen LogP contribution is 2.31. The molecule has 1 aromatic heterocycles. The Bertz CT molecular complexity index is 901. The molecular formula is C18H15FN2O3. The standard InChI is InChI=1S/C18H15FN2O3/c1-11-16(18(22)23)17(12-4-3-5-15(10-12)24-2)21(20-11)14-8-6-13(19)7-9-14/h3-10H,1-2H3,(H,22,23). The molecule has 0 spiro atoms. The van der Waals surface area contributed by atoms with E-state index in [-0.39, 0.29) is 11.4 Å². The van der Waals surface area contributed by atoms with E-state index < -0.39 is 5.97 Å². The fraction of sp³-hybridized carbons (Fsp3) is 0.111. The highest BCUT2D eigenvalue weighted by molar-refractivity contribution is 5.96. The molecule has 0 bridgehead atoms. The zero-order chi connectivity index (χ0) is 17.3. The molecule has 0 aliphatic rings. The molecule has 0 saturated carbocycles. The minimum atomic E-state index is -1.07. The second-order valence-corrected chi connectivity index (χ2v) is 5.23. The molecule has 24 heavy (non-hydrogen) atoms. The summed E-state index contributed by atoms with van der Waals surface area (Å²) in [5.74, 6) is -0.837. The minimum absolute atomic E-state index is 0.104. The highest BCUT2D eigenvalue weighted by atomic mass is 19.1. The topological polar surface area (TPSA) is 64.3 Å². The number of nitrogens with zero attached hydrogens (tertiary/aromatic N) is 2. The summed E-state index contributed by atoms with van der Waals surface area (Å²) >= 11 is 0. The Balaban J connectivity index is 2.28. The molecule has 0 unspecified atom stereocenters. The Morgan fingerprint density at radius 2 is 1.92 bits per heavy atom. The minimum Gasteiger partial charge on any atom is -0.497 e. The lowest BCUT2D eigenvalue weighted by atomic mass is 10.1. The number of aromatic nitrogens is 2. The van der Waals surface area contributed by atoms with Crippen molar-refractivity contribution in [3.05, 3.63) is 65.6 Å². The summed E-state index contributed by atoms with van der Waals surface area (Å²) < 4.78 is 19.9. The van der Waals surface area contributed by atoms with Crippen LogP contribution in [0.3, 0.4) is 0 Å². The van der Waals surface area contributed by atoms with E-state index in [9.17, 15) is 14.3 Å². The van der Waals surface area contributed by atoms with Crippen molar-refractivity contribution in [3.63, 3.8) is 0 Å². The highest BCUT2D eigenvalue weighted by Gasteiger charge is 2.23. The maximum absolute atomic E-state index is 13.2. The van der Waals surface area contributed by atoms with Crippen LogP contribution in [0.5, 0.6) is 5.75 Å². The third-order valence-corrected chi connectivity index (χ3v) is 3.69. The Morgan fingerprint density at radius 1 is 1.21 bits per heavy atom. The van der Waals surface area contributed by atoms with Gasteiger partial charge in [0.15, 0.2) is 0 Å². The van der Waals surface area contributed by atoms with Gasteiger partial charge in [-0.3, -0.25) is 0 Å². The second-order valence-electron chi connectivity index (χ2n) is 5.23. The number of aromatic carboxylic acids is 1. The number of carboxylic acids is 1. The van der Waals surface area contributed by atoms with E-state index in [1.165, 1.54) is 16.8 Å². The zero-order valence-corrected chi connectivity index (χ0v) is 13.2.